The number of hydrogen-bond donors (Lipinski definition) is 1. The number of hydrogen-bond acceptors (Lipinski definition) is 4. The van der Waals surface area contributed by atoms with Crippen LogP contribution < -0.4 is 5.32 Å². The van der Waals surface area contributed by atoms with Crippen molar-refractivity contribution >= 4 is 0 Å². The van der Waals surface area contributed by atoms with Gasteiger partial charge in [-0.2, -0.15) is 0 Å². The third-order valence-corrected chi connectivity index (χ3v) is 4.98. The van der Waals surface area contributed by atoms with Crippen molar-refractivity contribution < 1.29 is 4.74 Å². The Balaban J connectivity index is 1.68. The van der Waals surface area contributed by atoms with E-state index in [-0.39, 0.29) is 5.54 Å². The molecule has 0 saturated carbocycles. The monoisotopic (exact) mass is 297 g/mol. The lowest BCUT2D eigenvalue weighted by Crippen LogP contribution is -2.58. The van der Waals surface area contributed by atoms with Gasteiger partial charge in [-0.05, 0) is 46.2 Å². The highest BCUT2D eigenvalue weighted by molar-refractivity contribution is 4.90. The van der Waals surface area contributed by atoms with Crippen LogP contribution in [0.4, 0.5) is 0 Å². The second kappa shape index (κ2) is 7.40. The molecule has 0 aliphatic carbocycles. The molecule has 2 aliphatic heterocycles. The Morgan fingerprint density at radius 3 is 2.57 bits per heavy atom. The van der Waals surface area contributed by atoms with E-state index in [0.29, 0.717) is 12.2 Å². The number of nitrogens with one attached hydrogen (secondary N) is 1. The molecule has 2 rings (SSSR count). The van der Waals surface area contributed by atoms with Crippen molar-refractivity contribution in [1.82, 2.24) is 15.1 Å². The van der Waals surface area contributed by atoms with Crippen LogP contribution in [0.2, 0.25) is 0 Å². The molecular formula is C17H35N3O. The maximum Gasteiger partial charge on any atom is 0.0707 e. The van der Waals surface area contributed by atoms with E-state index < -0.39 is 0 Å². The molecule has 0 spiro atoms. The van der Waals surface area contributed by atoms with E-state index in [2.05, 4.69) is 49.9 Å². The quantitative estimate of drug-likeness (QED) is 0.809. The van der Waals surface area contributed by atoms with Crippen LogP contribution in [0.25, 0.3) is 0 Å². The third kappa shape index (κ3) is 5.20. The van der Waals surface area contributed by atoms with Crippen molar-refractivity contribution in [3.63, 3.8) is 0 Å². The van der Waals surface area contributed by atoms with E-state index in [1.807, 2.05) is 0 Å². The molecule has 21 heavy (non-hydrogen) atoms. The van der Waals surface area contributed by atoms with Crippen LogP contribution in [0.3, 0.4) is 0 Å². The molecule has 0 radical (unpaired) electrons. The molecule has 2 saturated heterocycles. The summed E-state index contributed by atoms with van der Waals surface area (Å²) in [7, 11) is 2.24. The van der Waals surface area contributed by atoms with Gasteiger partial charge in [0.05, 0.1) is 12.2 Å². The summed E-state index contributed by atoms with van der Waals surface area (Å²) in [6.07, 6.45) is 3.30. The standard InChI is InChI=1S/C17H35N3O/c1-14(2)10-18-11-15-6-7-16(21-15)12-20-9-8-19(5)17(3,4)13-20/h14-16,18H,6-13H2,1-5H3. The molecule has 2 atom stereocenters. The van der Waals surface area contributed by atoms with Gasteiger partial charge < -0.3 is 10.1 Å². The van der Waals surface area contributed by atoms with Crippen molar-refractivity contribution in [1.29, 1.82) is 0 Å². The molecule has 2 fully saturated rings. The minimum absolute atomic E-state index is 0.287. The number of likely N-dealkylation sites (N-methyl/N-ethyl adjacent to an activating group) is 1. The minimum atomic E-state index is 0.287. The highest BCUT2D eigenvalue weighted by atomic mass is 16.5. The second-order valence-corrected chi connectivity index (χ2v) is 7.98. The van der Waals surface area contributed by atoms with E-state index >= 15 is 0 Å². The zero-order valence-electron chi connectivity index (χ0n) is 14.7. The topological polar surface area (TPSA) is 27.7 Å². The van der Waals surface area contributed by atoms with Gasteiger partial charge in [0.1, 0.15) is 0 Å². The van der Waals surface area contributed by atoms with Crippen LogP contribution in [0.15, 0.2) is 0 Å². The largest absolute Gasteiger partial charge is 0.372 e. The van der Waals surface area contributed by atoms with Crippen LogP contribution in [0.5, 0.6) is 0 Å². The van der Waals surface area contributed by atoms with Crippen molar-refractivity contribution in [2.24, 2.45) is 5.92 Å². The lowest BCUT2D eigenvalue weighted by Gasteiger charge is -2.45. The molecule has 0 amide bonds. The summed E-state index contributed by atoms with van der Waals surface area (Å²) in [4.78, 5) is 5.06. The van der Waals surface area contributed by atoms with Crippen LogP contribution in [0.1, 0.15) is 40.5 Å². The molecule has 0 aromatic rings. The van der Waals surface area contributed by atoms with Gasteiger partial charge in [-0.25, -0.2) is 0 Å². The van der Waals surface area contributed by atoms with Gasteiger partial charge in [-0.3, -0.25) is 9.80 Å². The predicted octanol–water partition coefficient (Wildman–Crippen LogP) is 1.81. The minimum Gasteiger partial charge on any atom is -0.372 e. The van der Waals surface area contributed by atoms with Crippen molar-refractivity contribution in [2.75, 3.05) is 46.3 Å². The first-order valence-corrected chi connectivity index (χ1v) is 8.66. The molecule has 4 heteroatoms. The van der Waals surface area contributed by atoms with Crippen molar-refractivity contribution in [2.45, 2.75) is 58.3 Å². The number of nitrogens with zero attached hydrogens (tertiary/aromatic N) is 2. The van der Waals surface area contributed by atoms with Crippen molar-refractivity contribution in [3.05, 3.63) is 0 Å². The first-order chi connectivity index (χ1) is 9.87. The Kier molecular flexibility index (Phi) is 6.06. The number of piperazine rings is 1. The highest BCUT2D eigenvalue weighted by Crippen LogP contribution is 2.23. The second-order valence-electron chi connectivity index (χ2n) is 7.98. The molecule has 4 nitrogen and oxygen atoms in total. The normalized spacial score (nSPS) is 31.1. The highest BCUT2D eigenvalue weighted by Gasteiger charge is 2.33. The van der Waals surface area contributed by atoms with Crippen LogP contribution in [-0.2, 0) is 4.74 Å². The summed E-state index contributed by atoms with van der Waals surface area (Å²) in [5.74, 6) is 0.717. The van der Waals surface area contributed by atoms with E-state index in [1.165, 1.54) is 25.9 Å². The average Bonchev–Trinajstić information content (AvgIpc) is 2.81. The van der Waals surface area contributed by atoms with Gasteiger partial charge in [0.15, 0.2) is 0 Å². The Morgan fingerprint density at radius 1 is 1.19 bits per heavy atom. The van der Waals surface area contributed by atoms with Gasteiger partial charge >= 0.3 is 0 Å². The Morgan fingerprint density at radius 2 is 1.90 bits per heavy atom. The Bertz CT molecular complexity index is 319. The van der Waals surface area contributed by atoms with Gasteiger partial charge in [-0.15, -0.1) is 0 Å². The third-order valence-electron chi connectivity index (χ3n) is 4.98. The molecule has 2 heterocycles. The van der Waals surface area contributed by atoms with E-state index in [4.69, 9.17) is 4.74 Å². The SMILES string of the molecule is CC(C)CNCC1CCC(CN2CCN(C)C(C)(C)C2)O1. The number of rotatable bonds is 6. The fourth-order valence-corrected chi connectivity index (χ4v) is 3.38. The van der Waals surface area contributed by atoms with E-state index in [1.54, 1.807) is 0 Å². The van der Waals surface area contributed by atoms with Gasteiger partial charge in [-0.1, -0.05) is 13.8 Å². The van der Waals surface area contributed by atoms with E-state index in [0.717, 1.165) is 32.1 Å². The molecule has 0 aromatic carbocycles. The summed E-state index contributed by atoms with van der Waals surface area (Å²) < 4.78 is 6.22. The first kappa shape index (κ1) is 17.2. The van der Waals surface area contributed by atoms with Gasteiger partial charge in [0.2, 0.25) is 0 Å². The molecule has 0 bridgehead atoms. The Hall–Kier alpha value is -0.160. The average molecular weight is 297 g/mol. The lowest BCUT2D eigenvalue weighted by molar-refractivity contribution is -0.0119. The first-order valence-electron chi connectivity index (χ1n) is 8.66. The smallest absolute Gasteiger partial charge is 0.0707 e. The molecule has 2 aliphatic rings. The predicted molar refractivity (Wildman–Crippen MR) is 88.8 cm³/mol. The van der Waals surface area contributed by atoms with Crippen molar-refractivity contribution in [3.8, 4) is 0 Å². The zero-order chi connectivity index (χ0) is 15.5. The molecule has 0 aromatic heterocycles. The van der Waals surface area contributed by atoms with Crippen LogP contribution in [0, 0.1) is 5.92 Å². The summed E-state index contributed by atoms with van der Waals surface area (Å²) >= 11 is 0. The maximum atomic E-state index is 6.22. The fraction of sp³-hybridized carbons (Fsp3) is 1.00. The lowest BCUT2D eigenvalue weighted by atomic mass is 9.99. The molecular weight excluding hydrogens is 262 g/mol. The van der Waals surface area contributed by atoms with Gasteiger partial charge in [0.25, 0.3) is 0 Å². The molecule has 124 valence electrons. The summed E-state index contributed by atoms with van der Waals surface area (Å²) in [6.45, 7) is 15.9. The Labute approximate surface area is 131 Å². The number of ether oxygens (including phenoxy) is 1. The molecule has 2 unspecified atom stereocenters. The maximum absolute atomic E-state index is 6.22. The summed E-state index contributed by atoms with van der Waals surface area (Å²) in [6, 6.07) is 0. The van der Waals surface area contributed by atoms with E-state index in [9.17, 15) is 0 Å². The zero-order valence-corrected chi connectivity index (χ0v) is 14.7. The molecule has 1 N–H and O–H groups in total. The summed E-state index contributed by atoms with van der Waals surface area (Å²) in [5.41, 5.74) is 0.287. The fourth-order valence-electron chi connectivity index (χ4n) is 3.38. The van der Waals surface area contributed by atoms with Gasteiger partial charge in [0, 0.05) is 38.3 Å². The summed E-state index contributed by atoms with van der Waals surface area (Å²) in [5, 5.41) is 3.52. The van der Waals surface area contributed by atoms with Crippen LogP contribution >= 0.6 is 0 Å². The van der Waals surface area contributed by atoms with Crippen LogP contribution in [-0.4, -0.2) is 73.9 Å².